The van der Waals surface area contributed by atoms with Gasteiger partial charge in [-0.2, -0.15) is 0 Å². The summed E-state index contributed by atoms with van der Waals surface area (Å²) in [6, 6.07) is 1.93. The van der Waals surface area contributed by atoms with Crippen LogP contribution in [0.15, 0.2) is 29.1 Å². The van der Waals surface area contributed by atoms with Crippen LogP contribution in [0.4, 0.5) is 0 Å². The molecule has 0 saturated heterocycles. The molecule has 2 rings (SSSR count). The first-order chi connectivity index (χ1) is 4.88. The molecule has 3 heteroatoms. The zero-order chi connectivity index (χ0) is 6.97. The highest BCUT2D eigenvalue weighted by molar-refractivity contribution is 9.10. The first-order valence-corrected chi connectivity index (χ1v) is 3.74. The van der Waals surface area contributed by atoms with E-state index in [0.717, 1.165) is 15.4 Å². The van der Waals surface area contributed by atoms with Gasteiger partial charge in [-0.25, -0.2) is 0 Å². The second kappa shape index (κ2) is 2.09. The van der Waals surface area contributed by atoms with Gasteiger partial charge < -0.3 is 4.98 Å². The second-order valence-corrected chi connectivity index (χ2v) is 2.90. The van der Waals surface area contributed by atoms with E-state index in [0.29, 0.717) is 0 Å². The Hall–Kier alpha value is -0.830. The third-order valence-corrected chi connectivity index (χ3v) is 2.11. The molecule has 0 aliphatic heterocycles. The van der Waals surface area contributed by atoms with Crippen molar-refractivity contribution in [2.24, 2.45) is 0 Å². The Balaban J connectivity index is 2.95. The van der Waals surface area contributed by atoms with Crippen molar-refractivity contribution < 1.29 is 0 Å². The average molecular weight is 197 g/mol. The molecule has 1 N–H and O–H groups in total. The Morgan fingerprint density at radius 1 is 1.40 bits per heavy atom. The van der Waals surface area contributed by atoms with E-state index in [-0.39, 0.29) is 0 Å². The summed E-state index contributed by atoms with van der Waals surface area (Å²) in [6.45, 7) is 0. The first kappa shape index (κ1) is 5.92. The van der Waals surface area contributed by atoms with Gasteiger partial charge in [-0.05, 0) is 22.0 Å². The van der Waals surface area contributed by atoms with E-state index < -0.39 is 0 Å². The van der Waals surface area contributed by atoms with Crippen LogP contribution in [0.5, 0.6) is 0 Å². The number of hydrogen-bond acceptors (Lipinski definition) is 1. The van der Waals surface area contributed by atoms with Crippen LogP contribution in [0.1, 0.15) is 0 Å². The molecule has 0 saturated carbocycles. The Morgan fingerprint density at radius 2 is 2.30 bits per heavy atom. The number of aromatic amines is 1. The number of rotatable bonds is 0. The van der Waals surface area contributed by atoms with E-state index in [1.807, 2.05) is 18.5 Å². The minimum Gasteiger partial charge on any atom is -0.365 e. The Labute approximate surface area is 66.4 Å². The fraction of sp³-hybridized carbons (Fsp3) is 0. The highest BCUT2D eigenvalue weighted by Gasteiger charge is 1.96. The molecule has 2 heterocycles. The fourth-order valence-corrected chi connectivity index (χ4v) is 1.36. The van der Waals surface area contributed by atoms with E-state index in [9.17, 15) is 0 Å². The molecule has 0 bridgehead atoms. The second-order valence-electron chi connectivity index (χ2n) is 2.05. The van der Waals surface area contributed by atoms with Crippen molar-refractivity contribution in [2.45, 2.75) is 0 Å². The maximum Gasteiger partial charge on any atom is 0.0887 e. The maximum atomic E-state index is 4.14. The van der Waals surface area contributed by atoms with Crippen LogP contribution >= 0.6 is 15.9 Å². The highest BCUT2D eigenvalue weighted by atomic mass is 79.9. The lowest BCUT2D eigenvalue weighted by atomic mass is 10.3. The van der Waals surface area contributed by atoms with E-state index in [2.05, 4.69) is 25.9 Å². The van der Waals surface area contributed by atoms with Gasteiger partial charge in [-0.15, -0.1) is 0 Å². The molecule has 0 amide bonds. The van der Waals surface area contributed by atoms with Gasteiger partial charge in [0.25, 0.3) is 0 Å². The standard InChI is InChI=1S/C7H5BrN2/c8-6-1-2-10-7-4-9-3-5(6)7/h1-4,9H. The van der Waals surface area contributed by atoms with Crippen molar-refractivity contribution in [3.05, 3.63) is 29.1 Å². The number of nitrogens with one attached hydrogen (secondary N) is 1. The van der Waals surface area contributed by atoms with E-state index in [1.54, 1.807) is 6.20 Å². The van der Waals surface area contributed by atoms with Crippen LogP contribution in [-0.4, -0.2) is 9.97 Å². The number of hydrogen-bond donors (Lipinski definition) is 1. The first-order valence-electron chi connectivity index (χ1n) is 2.95. The van der Waals surface area contributed by atoms with Gasteiger partial charge in [0.2, 0.25) is 0 Å². The number of nitrogens with zero attached hydrogens (tertiary/aromatic N) is 1. The number of halogens is 1. The van der Waals surface area contributed by atoms with Crippen LogP contribution in [0.3, 0.4) is 0 Å². The Bertz CT molecular complexity index is 353. The highest BCUT2D eigenvalue weighted by Crippen LogP contribution is 2.20. The molecule has 2 aromatic heterocycles. The van der Waals surface area contributed by atoms with Crippen molar-refractivity contribution in [3.63, 3.8) is 0 Å². The molecule has 0 aromatic carbocycles. The van der Waals surface area contributed by atoms with Crippen LogP contribution in [0.2, 0.25) is 0 Å². The van der Waals surface area contributed by atoms with Crippen molar-refractivity contribution in [2.75, 3.05) is 0 Å². The SMILES string of the molecule is Brc1ccnc2c[nH]cc12. The molecular formula is C7H5BrN2. The molecule has 0 unspecified atom stereocenters. The molecule has 0 aliphatic carbocycles. The number of fused-ring (bicyclic) bond motifs is 1. The molecular weight excluding hydrogens is 192 g/mol. The van der Waals surface area contributed by atoms with Crippen molar-refractivity contribution in [3.8, 4) is 0 Å². The maximum absolute atomic E-state index is 4.14. The summed E-state index contributed by atoms with van der Waals surface area (Å²) >= 11 is 3.42. The van der Waals surface area contributed by atoms with Gasteiger partial charge in [-0.1, -0.05) is 0 Å². The summed E-state index contributed by atoms with van der Waals surface area (Å²) in [4.78, 5) is 7.13. The van der Waals surface area contributed by atoms with Gasteiger partial charge in [0.15, 0.2) is 0 Å². The van der Waals surface area contributed by atoms with Crippen LogP contribution in [0, 0.1) is 0 Å². The fourth-order valence-electron chi connectivity index (χ4n) is 0.927. The molecule has 0 radical (unpaired) electrons. The largest absolute Gasteiger partial charge is 0.365 e. The van der Waals surface area contributed by atoms with Gasteiger partial charge >= 0.3 is 0 Å². The number of pyridine rings is 1. The van der Waals surface area contributed by atoms with Crippen LogP contribution in [0.25, 0.3) is 10.9 Å². The number of H-pyrrole nitrogens is 1. The summed E-state index contributed by atoms with van der Waals surface area (Å²) in [5.41, 5.74) is 0.995. The number of aromatic nitrogens is 2. The van der Waals surface area contributed by atoms with Crippen molar-refractivity contribution in [1.82, 2.24) is 9.97 Å². The summed E-state index contributed by atoms with van der Waals surface area (Å²) in [6.07, 6.45) is 5.58. The lowest BCUT2D eigenvalue weighted by molar-refractivity contribution is 1.39. The summed E-state index contributed by atoms with van der Waals surface area (Å²) < 4.78 is 1.08. The monoisotopic (exact) mass is 196 g/mol. The summed E-state index contributed by atoms with van der Waals surface area (Å²) in [5, 5.41) is 1.13. The topological polar surface area (TPSA) is 28.7 Å². The van der Waals surface area contributed by atoms with Crippen LogP contribution < -0.4 is 0 Å². The van der Waals surface area contributed by atoms with Crippen molar-refractivity contribution in [1.29, 1.82) is 0 Å². The van der Waals surface area contributed by atoms with Gasteiger partial charge in [0, 0.05) is 28.4 Å². The average Bonchev–Trinajstić information content (AvgIpc) is 2.36. The Morgan fingerprint density at radius 3 is 3.10 bits per heavy atom. The van der Waals surface area contributed by atoms with E-state index in [4.69, 9.17) is 0 Å². The minimum absolute atomic E-state index is 0.995. The molecule has 50 valence electrons. The predicted molar refractivity (Wildman–Crippen MR) is 43.8 cm³/mol. The normalized spacial score (nSPS) is 10.5. The molecule has 0 aliphatic rings. The molecule has 0 spiro atoms. The van der Waals surface area contributed by atoms with Crippen molar-refractivity contribution >= 4 is 26.8 Å². The lowest BCUT2D eigenvalue weighted by Crippen LogP contribution is -1.70. The zero-order valence-electron chi connectivity index (χ0n) is 5.13. The third kappa shape index (κ3) is 0.743. The molecule has 2 aromatic rings. The lowest BCUT2D eigenvalue weighted by Gasteiger charge is -1.89. The van der Waals surface area contributed by atoms with Gasteiger partial charge in [0.05, 0.1) is 5.52 Å². The predicted octanol–water partition coefficient (Wildman–Crippen LogP) is 2.33. The Kier molecular flexibility index (Phi) is 1.24. The van der Waals surface area contributed by atoms with Crippen LogP contribution in [-0.2, 0) is 0 Å². The van der Waals surface area contributed by atoms with E-state index in [1.165, 1.54) is 0 Å². The smallest absolute Gasteiger partial charge is 0.0887 e. The summed E-state index contributed by atoms with van der Waals surface area (Å²) in [5.74, 6) is 0. The molecule has 0 atom stereocenters. The quantitative estimate of drug-likeness (QED) is 0.689. The molecule has 0 fully saturated rings. The molecule has 10 heavy (non-hydrogen) atoms. The third-order valence-electron chi connectivity index (χ3n) is 1.42. The molecule has 2 nitrogen and oxygen atoms in total. The minimum atomic E-state index is 0.995. The van der Waals surface area contributed by atoms with Gasteiger partial charge in [0.1, 0.15) is 0 Å². The van der Waals surface area contributed by atoms with E-state index >= 15 is 0 Å². The zero-order valence-corrected chi connectivity index (χ0v) is 6.72. The van der Waals surface area contributed by atoms with Gasteiger partial charge in [-0.3, -0.25) is 4.98 Å². The summed E-state index contributed by atoms with van der Waals surface area (Å²) in [7, 11) is 0.